The zero-order chi connectivity index (χ0) is 22.4. The van der Waals surface area contributed by atoms with Gasteiger partial charge in [-0.15, -0.1) is 0 Å². The lowest BCUT2D eigenvalue weighted by Gasteiger charge is -2.18. The molecule has 0 radical (unpaired) electrons. The van der Waals surface area contributed by atoms with Crippen molar-refractivity contribution >= 4 is 22.8 Å². The lowest BCUT2D eigenvalue weighted by Crippen LogP contribution is -2.27. The molecule has 1 aliphatic rings. The van der Waals surface area contributed by atoms with Crippen molar-refractivity contribution in [2.75, 3.05) is 4.90 Å². The molecule has 5 rings (SSSR count). The van der Waals surface area contributed by atoms with Crippen molar-refractivity contribution in [2.45, 2.75) is 39.3 Å². The van der Waals surface area contributed by atoms with Crippen molar-refractivity contribution in [1.29, 1.82) is 0 Å². The molecule has 0 N–H and O–H groups in total. The highest BCUT2D eigenvalue weighted by Gasteiger charge is 2.34. The Kier molecular flexibility index (Phi) is 4.92. The Bertz CT molecular complexity index is 1320. The van der Waals surface area contributed by atoms with Crippen LogP contribution < -0.4 is 4.90 Å². The van der Waals surface area contributed by atoms with Gasteiger partial charge in [-0.2, -0.15) is 0 Å². The zero-order valence-corrected chi connectivity index (χ0v) is 17.7. The summed E-state index contributed by atoms with van der Waals surface area (Å²) < 4.78 is 28.4. The highest BCUT2D eigenvalue weighted by molar-refractivity contribution is 6.05. The molecule has 1 amide bonds. The molecule has 2 aromatic heterocycles. The Labute approximate surface area is 183 Å². The van der Waals surface area contributed by atoms with Crippen LogP contribution in [0.1, 0.15) is 43.1 Å². The molecule has 6 nitrogen and oxygen atoms in total. The molecular weight excluding hydrogens is 412 g/mol. The van der Waals surface area contributed by atoms with Crippen molar-refractivity contribution in [3.8, 4) is 11.3 Å². The third-order valence-corrected chi connectivity index (χ3v) is 5.95. The summed E-state index contributed by atoms with van der Waals surface area (Å²) in [6.45, 7) is 4.48. The molecule has 0 fully saturated rings. The Morgan fingerprint density at radius 1 is 1.09 bits per heavy atom. The minimum Gasteiger partial charge on any atom is -0.308 e. The highest BCUT2D eigenvalue weighted by atomic mass is 19.3. The monoisotopic (exact) mass is 433 g/mol. The lowest BCUT2D eigenvalue weighted by molar-refractivity contribution is -0.119. The minimum atomic E-state index is -2.71. The van der Waals surface area contributed by atoms with Crippen molar-refractivity contribution in [1.82, 2.24) is 19.5 Å². The van der Waals surface area contributed by atoms with Crippen LogP contribution in [-0.2, 0) is 17.9 Å². The molecule has 0 unspecified atom stereocenters. The summed E-state index contributed by atoms with van der Waals surface area (Å²) in [5, 5.41) is 0. The summed E-state index contributed by atoms with van der Waals surface area (Å²) in [5.74, 6) is -0.595. The molecule has 0 aliphatic carbocycles. The first-order chi connectivity index (χ1) is 15.5. The predicted octanol–water partition coefficient (Wildman–Crippen LogP) is 5.10. The minimum absolute atomic E-state index is 0.0316. The molecule has 0 spiro atoms. The first-order valence-electron chi connectivity index (χ1n) is 10.5. The van der Waals surface area contributed by atoms with Gasteiger partial charge in [0.25, 0.3) is 6.43 Å². The number of hydrogen-bond acceptors (Lipinski definition) is 4. The Morgan fingerprint density at radius 3 is 2.59 bits per heavy atom. The quantitative estimate of drug-likeness (QED) is 0.439. The molecule has 0 saturated carbocycles. The number of carbonyl (C=O) groups excluding carboxylic acids is 1. The third kappa shape index (κ3) is 3.14. The number of imidazole rings is 1. The van der Waals surface area contributed by atoms with Gasteiger partial charge in [-0.25, -0.2) is 23.7 Å². The van der Waals surface area contributed by atoms with Gasteiger partial charge in [-0.05, 0) is 37.1 Å². The fraction of sp³-hybridized carbons (Fsp3) is 0.250. The maximum atomic E-state index is 13.5. The second-order valence-electron chi connectivity index (χ2n) is 7.81. The number of amides is 1. The smallest absolute Gasteiger partial charge is 0.295 e. The number of halogens is 2. The van der Waals surface area contributed by atoms with Crippen molar-refractivity contribution < 1.29 is 13.6 Å². The van der Waals surface area contributed by atoms with Gasteiger partial charge < -0.3 is 9.47 Å². The van der Waals surface area contributed by atoms with Crippen molar-refractivity contribution in [2.24, 2.45) is 0 Å². The van der Waals surface area contributed by atoms with E-state index in [1.54, 1.807) is 11.8 Å². The van der Waals surface area contributed by atoms with Gasteiger partial charge in [-0.1, -0.05) is 36.4 Å². The van der Waals surface area contributed by atoms with Gasteiger partial charge in [0.15, 0.2) is 11.5 Å². The van der Waals surface area contributed by atoms with Crippen LogP contribution >= 0.6 is 0 Å². The summed E-state index contributed by atoms with van der Waals surface area (Å²) >= 11 is 0. The van der Waals surface area contributed by atoms with E-state index in [0.717, 1.165) is 22.4 Å². The summed E-state index contributed by atoms with van der Waals surface area (Å²) in [7, 11) is 0. The highest BCUT2D eigenvalue weighted by Crippen LogP contribution is 2.41. The molecule has 162 valence electrons. The largest absolute Gasteiger partial charge is 0.308 e. The van der Waals surface area contributed by atoms with Crippen LogP contribution in [0.4, 0.5) is 14.5 Å². The molecule has 8 heteroatoms. The van der Waals surface area contributed by atoms with Gasteiger partial charge in [0.1, 0.15) is 17.5 Å². The van der Waals surface area contributed by atoms with Crippen molar-refractivity contribution in [3.05, 3.63) is 71.8 Å². The summed E-state index contributed by atoms with van der Waals surface area (Å²) in [5.41, 5.74) is 4.71. The van der Waals surface area contributed by atoms with Crippen LogP contribution in [-0.4, -0.2) is 25.4 Å². The predicted molar refractivity (Wildman–Crippen MR) is 117 cm³/mol. The number of hydrogen-bond donors (Lipinski definition) is 0. The van der Waals surface area contributed by atoms with Gasteiger partial charge in [0, 0.05) is 17.8 Å². The number of carbonyl (C=O) groups is 1. The number of anilines is 1. The normalized spacial score (nSPS) is 15.7. The maximum absolute atomic E-state index is 13.5. The van der Waals surface area contributed by atoms with Crippen LogP contribution in [0.25, 0.3) is 22.4 Å². The number of aromatic nitrogens is 4. The molecule has 4 aromatic rings. The van der Waals surface area contributed by atoms with Gasteiger partial charge >= 0.3 is 0 Å². The first-order valence-corrected chi connectivity index (χ1v) is 10.5. The second kappa shape index (κ2) is 7.78. The molecule has 2 aromatic carbocycles. The fourth-order valence-electron chi connectivity index (χ4n) is 4.35. The number of nitrogens with zero attached hydrogens (tertiary/aromatic N) is 5. The van der Waals surface area contributed by atoms with Crippen LogP contribution in [0.3, 0.4) is 0 Å². The number of fused-ring (bicyclic) bond motifs is 2. The Balaban J connectivity index is 1.59. The summed E-state index contributed by atoms with van der Waals surface area (Å²) in [6, 6.07) is 15.5. The number of benzene rings is 2. The van der Waals surface area contributed by atoms with E-state index in [-0.39, 0.29) is 17.6 Å². The van der Waals surface area contributed by atoms with Gasteiger partial charge in [-0.3, -0.25) is 4.79 Å². The topological polar surface area (TPSA) is 63.9 Å². The standard InChI is InChI=1S/C24H21F2N5O/c1-3-30-22-20(29-23(30)21(25)26)19(27-13-28-22)16-9-10-18-17(11-16)14(2)24(32)31(18)12-15-7-5-4-6-8-15/h4-11,13-14,21H,3,12H2,1-2H3/t14-/m1/s1. The number of aryl methyl sites for hydroxylation is 1. The van der Waals surface area contributed by atoms with Crippen LogP contribution in [0.5, 0.6) is 0 Å². The van der Waals surface area contributed by atoms with E-state index in [0.29, 0.717) is 29.9 Å². The molecule has 3 heterocycles. The van der Waals surface area contributed by atoms with Gasteiger partial charge in [0.05, 0.1) is 12.5 Å². The van der Waals surface area contributed by atoms with E-state index in [2.05, 4.69) is 15.0 Å². The number of alkyl halides is 2. The average Bonchev–Trinajstić information content (AvgIpc) is 3.31. The molecular formula is C24H21F2N5O. The van der Waals surface area contributed by atoms with E-state index < -0.39 is 6.43 Å². The van der Waals surface area contributed by atoms with E-state index in [1.807, 2.05) is 55.5 Å². The van der Waals surface area contributed by atoms with Crippen molar-refractivity contribution in [3.63, 3.8) is 0 Å². The summed E-state index contributed by atoms with van der Waals surface area (Å²) in [4.78, 5) is 27.5. The first kappa shape index (κ1) is 20.2. The lowest BCUT2D eigenvalue weighted by atomic mass is 9.99. The molecule has 0 saturated heterocycles. The maximum Gasteiger partial charge on any atom is 0.295 e. The Morgan fingerprint density at radius 2 is 1.88 bits per heavy atom. The van der Waals surface area contributed by atoms with Gasteiger partial charge in [0.2, 0.25) is 5.91 Å². The molecule has 32 heavy (non-hydrogen) atoms. The number of rotatable bonds is 5. The van der Waals surface area contributed by atoms with E-state index in [4.69, 9.17) is 0 Å². The fourth-order valence-corrected chi connectivity index (χ4v) is 4.35. The van der Waals surface area contributed by atoms with E-state index >= 15 is 0 Å². The second-order valence-corrected chi connectivity index (χ2v) is 7.81. The Hall–Kier alpha value is -3.68. The third-order valence-electron chi connectivity index (χ3n) is 5.95. The SMILES string of the molecule is CCn1c(C(F)F)nc2c(-c3ccc4c(c3)[C@@H](C)C(=O)N4Cc3ccccc3)ncnc21. The molecule has 0 bridgehead atoms. The van der Waals surface area contributed by atoms with E-state index in [9.17, 15) is 13.6 Å². The van der Waals surface area contributed by atoms with Crippen LogP contribution in [0, 0.1) is 0 Å². The average molecular weight is 433 g/mol. The zero-order valence-electron chi connectivity index (χ0n) is 17.7. The van der Waals surface area contributed by atoms with E-state index in [1.165, 1.54) is 10.9 Å². The van der Waals surface area contributed by atoms with Crippen LogP contribution in [0.15, 0.2) is 54.9 Å². The molecule has 1 atom stereocenters. The summed E-state index contributed by atoms with van der Waals surface area (Å²) in [6.07, 6.45) is -1.34. The van der Waals surface area contributed by atoms with Crippen LogP contribution in [0.2, 0.25) is 0 Å². The molecule has 1 aliphatic heterocycles.